The second-order valence-corrected chi connectivity index (χ2v) is 4.78. The third kappa shape index (κ3) is 1.64. The van der Waals surface area contributed by atoms with E-state index in [-0.39, 0.29) is 0 Å². The van der Waals surface area contributed by atoms with Crippen LogP contribution in [-0.2, 0) is 0 Å². The lowest BCUT2D eigenvalue weighted by Gasteiger charge is -2.04. The number of hydrogen-bond donors (Lipinski definition) is 1. The molecule has 2 aromatic carbocycles. The zero-order valence-corrected chi connectivity index (χ0v) is 10.6. The number of aliphatic hydroxyl groups is 1. The highest BCUT2D eigenvalue weighted by Crippen LogP contribution is 2.33. The zero-order chi connectivity index (χ0) is 13.5. The molecule has 4 aromatic rings. The van der Waals surface area contributed by atoms with Gasteiger partial charge in [0.25, 0.3) is 0 Å². The van der Waals surface area contributed by atoms with Gasteiger partial charge in [0.1, 0.15) is 23.0 Å². The van der Waals surface area contributed by atoms with Gasteiger partial charge in [-0.15, -0.1) is 0 Å². The van der Waals surface area contributed by atoms with E-state index in [1.807, 2.05) is 54.6 Å². The zero-order valence-electron chi connectivity index (χ0n) is 10.6. The van der Waals surface area contributed by atoms with Crippen LogP contribution < -0.4 is 0 Å². The first-order valence-electron chi connectivity index (χ1n) is 6.45. The van der Waals surface area contributed by atoms with Gasteiger partial charge >= 0.3 is 0 Å². The molecule has 2 aromatic heterocycles. The van der Waals surface area contributed by atoms with Crippen molar-refractivity contribution in [3.63, 3.8) is 0 Å². The molecule has 2 heterocycles. The molecule has 4 rings (SSSR count). The number of furan rings is 2. The van der Waals surface area contributed by atoms with Gasteiger partial charge in [-0.1, -0.05) is 36.4 Å². The van der Waals surface area contributed by atoms with Gasteiger partial charge in [0.15, 0.2) is 0 Å². The number of para-hydroxylation sites is 2. The van der Waals surface area contributed by atoms with Crippen molar-refractivity contribution in [2.24, 2.45) is 0 Å². The summed E-state index contributed by atoms with van der Waals surface area (Å²) in [5.74, 6) is 0.526. The molecule has 1 N–H and O–H groups in total. The minimum atomic E-state index is -0.828. The van der Waals surface area contributed by atoms with Crippen molar-refractivity contribution in [1.82, 2.24) is 0 Å². The monoisotopic (exact) mass is 264 g/mol. The molecule has 0 saturated heterocycles. The van der Waals surface area contributed by atoms with Crippen LogP contribution in [0.15, 0.2) is 69.7 Å². The van der Waals surface area contributed by atoms with Crippen molar-refractivity contribution in [3.8, 4) is 0 Å². The number of aliphatic hydroxyl groups excluding tert-OH is 1. The van der Waals surface area contributed by atoms with Crippen LogP contribution >= 0.6 is 0 Å². The predicted octanol–water partition coefficient (Wildman–Crippen LogP) is 4.26. The van der Waals surface area contributed by atoms with E-state index < -0.39 is 6.10 Å². The molecule has 0 fully saturated rings. The number of hydrogen-bond acceptors (Lipinski definition) is 3. The average molecular weight is 264 g/mol. The van der Waals surface area contributed by atoms with E-state index in [1.165, 1.54) is 0 Å². The Morgan fingerprint density at radius 1 is 0.900 bits per heavy atom. The Morgan fingerprint density at radius 3 is 2.50 bits per heavy atom. The highest BCUT2D eigenvalue weighted by molar-refractivity contribution is 5.82. The Morgan fingerprint density at radius 2 is 1.65 bits per heavy atom. The van der Waals surface area contributed by atoms with E-state index in [9.17, 15) is 5.11 Å². The van der Waals surface area contributed by atoms with Gasteiger partial charge in [0.2, 0.25) is 0 Å². The second-order valence-electron chi connectivity index (χ2n) is 4.78. The first kappa shape index (κ1) is 11.3. The summed E-state index contributed by atoms with van der Waals surface area (Å²) in [6, 6.07) is 17.2. The van der Waals surface area contributed by atoms with E-state index in [0.717, 1.165) is 27.5 Å². The first-order valence-corrected chi connectivity index (χ1v) is 6.45. The molecular formula is C17H12O3. The van der Waals surface area contributed by atoms with Crippen LogP contribution in [0.4, 0.5) is 0 Å². The van der Waals surface area contributed by atoms with Gasteiger partial charge in [-0.3, -0.25) is 0 Å². The minimum absolute atomic E-state index is 0.526. The van der Waals surface area contributed by atoms with E-state index >= 15 is 0 Å². The van der Waals surface area contributed by atoms with E-state index in [0.29, 0.717) is 5.76 Å². The lowest BCUT2D eigenvalue weighted by atomic mass is 10.1. The highest BCUT2D eigenvalue weighted by atomic mass is 16.4. The lowest BCUT2D eigenvalue weighted by Crippen LogP contribution is -1.96. The Balaban J connectivity index is 1.85. The molecule has 98 valence electrons. The molecule has 1 unspecified atom stereocenters. The standard InChI is InChI=1S/C17H12O3/c18-17(13-10-19-15-8-4-2-6-12(13)15)16-9-11-5-1-3-7-14(11)20-16/h1-10,17-18H. The second kappa shape index (κ2) is 4.25. The largest absolute Gasteiger partial charge is 0.464 e. The van der Waals surface area contributed by atoms with Crippen LogP contribution in [0.5, 0.6) is 0 Å². The van der Waals surface area contributed by atoms with Gasteiger partial charge in [-0.25, -0.2) is 0 Å². The van der Waals surface area contributed by atoms with Crippen LogP contribution in [0.3, 0.4) is 0 Å². The Hall–Kier alpha value is -2.52. The summed E-state index contributed by atoms with van der Waals surface area (Å²) in [5, 5.41) is 12.4. The van der Waals surface area contributed by atoms with Crippen molar-refractivity contribution in [3.05, 3.63) is 72.2 Å². The molecule has 0 bridgehead atoms. The molecule has 0 aliphatic rings. The molecular weight excluding hydrogens is 252 g/mol. The van der Waals surface area contributed by atoms with E-state index in [1.54, 1.807) is 6.26 Å². The molecule has 3 heteroatoms. The van der Waals surface area contributed by atoms with Crippen LogP contribution in [0.2, 0.25) is 0 Å². The van der Waals surface area contributed by atoms with Crippen LogP contribution in [0.25, 0.3) is 21.9 Å². The molecule has 0 radical (unpaired) electrons. The van der Waals surface area contributed by atoms with Crippen LogP contribution in [0, 0.1) is 0 Å². The van der Waals surface area contributed by atoms with Crippen molar-refractivity contribution in [1.29, 1.82) is 0 Å². The van der Waals surface area contributed by atoms with Crippen molar-refractivity contribution in [2.75, 3.05) is 0 Å². The van der Waals surface area contributed by atoms with Gasteiger partial charge in [0.05, 0.1) is 6.26 Å². The first-order chi connectivity index (χ1) is 9.83. The third-order valence-electron chi connectivity index (χ3n) is 3.52. The molecule has 1 atom stereocenters. The Bertz CT molecular complexity index is 852. The molecule has 0 aliphatic heterocycles. The van der Waals surface area contributed by atoms with Gasteiger partial charge in [-0.05, 0) is 18.2 Å². The summed E-state index contributed by atoms with van der Waals surface area (Å²) < 4.78 is 11.2. The van der Waals surface area contributed by atoms with Crippen LogP contribution in [-0.4, -0.2) is 5.11 Å². The predicted molar refractivity (Wildman–Crippen MR) is 76.5 cm³/mol. The normalized spacial score (nSPS) is 13.1. The SMILES string of the molecule is OC(c1cc2ccccc2o1)c1coc2ccccc12. The average Bonchev–Trinajstić information content (AvgIpc) is 3.10. The van der Waals surface area contributed by atoms with Gasteiger partial charge in [0, 0.05) is 16.3 Å². The molecule has 0 amide bonds. The number of fused-ring (bicyclic) bond motifs is 2. The molecule has 20 heavy (non-hydrogen) atoms. The van der Waals surface area contributed by atoms with Crippen molar-refractivity contribution in [2.45, 2.75) is 6.10 Å². The highest BCUT2D eigenvalue weighted by Gasteiger charge is 2.19. The van der Waals surface area contributed by atoms with Gasteiger partial charge < -0.3 is 13.9 Å². The number of rotatable bonds is 2. The molecule has 3 nitrogen and oxygen atoms in total. The molecule has 0 saturated carbocycles. The Kier molecular flexibility index (Phi) is 2.41. The fourth-order valence-corrected chi connectivity index (χ4v) is 2.50. The lowest BCUT2D eigenvalue weighted by molar-refractivity contribution is 0.192. The maximum absolute atomic E-state index is 10.5. The third-order valence-corrected chi connectivity index (χ3v) is 3.52. The summed E-state index contributed by atoms with van der Waals surface area (Å²) in [7, 11) is 0. The minimum Gasteiger partial charge on any atom is -0.464 e. The van der Waals surface area contributed by atoms with Crippen molar-refractivity contribution < 1.29 is 13.9 Å². The summed E-state index contributed by atoms with van der Waals surface area (Å²) in [4.78, 5) is 0. The molecule has 0 spiro atoms. The van der Waals surface area contributed by atoms with Gasteiger partial charge in [-0.2, -0.15) is 0 Å². The van der Waals surface area contributed by atoms with Crippen molar-refractivity contribution >= 4 is 21.9 Å². The van der Waals surface area contributed by atoms with Crippen LogP contribution in [0.1, 0.15) is 17.4 Å². The summed E-state index contributed by atoms with van der Waals surface area (Å²) in [6.45, 7) is 0. The van der Waals surface area contributed by atoms with E-state index in [4.69, 9.17) is 8.83 Å². The summed E-state index contributed by atoms with van der Waals surface area (Å²) in [5.41, 5.74) is 2.26. The fraction of sp³-hybridized carbons (Fsp3) is 0.0588. The topological polar surface area (TPSA) is 46.5 Å². The summed E-state index contributed by atoms with van der Waals surface area (Å²) >= 11 is 0. The smallest absolute Gasteiger partial charge is 0.140 e. The maximum atomic E-state index is 10.5. The van der Waals surface area contributed by atoms with E-state index in [2.05, 4.69) is 0 Å². The fourth-order valence-electron chi connectivity index (χ4n) is 2.50. The quantitative estimate of drug-likeness (QED) is 0.588. The Labute approximate surface area is 115 Å². The maximum Gasteiger partial charge on any atom is 0.140 e. The number of benzene rings is 2. The molecule has 0 aliphatic carbocycles. The summed E-state index contributed by atoms with van der Waals surface area (Å²) in [6.07, 6.45) is 0.758.